The van der Waals surface area contributed by atoms with Gasteiger partial charge < -0.3 is 19.7 Å². The molecule has 0 atom stereocenters. The number of phenolic OH excluding ortho intramolecular Hbond substituents is 2. The summed E-state index contributed by atoms with van der Waals surface area (Å²) in [5, 5.41) is 48.2. The van der Waals surface area contributed by atoms with Crippen LogP contribution in [0.1, 0.15) is 23.3 Å². The Bertz CT molecular complexity index is 968. The molecule has 2 rings (SSSR count). The van der Waals surface area contributed by atoms with Gasteiger partial charge in [0.25, 0.3) is 0 Å². The van der Waals surface area contributed by atoms with E-state index in [9.17, 15) is 35.2 Å². The fourth-order valence-electron chi connectivity index (χ4n) is 2.09. The average Bonchev–Trinajstić information content (AvgIpc) is 2.67. The van der Waals surface area contributed by atoms with Gasteiger partial charge in [-0.25, -0.2) is 0 Å². The van der Waals surface area contributed by atoms with Crippen LogP contribution in [0.2, 0.25) is 0 Å². The number of methoxy groups -OCH3 is 2. The Morgan fingerprint density at radius 2 is 1.41 bits per heavy atom. The quantitative estimate of drug-likeness (QED) is 0.424. The van der Waals surface area contributed by atoms with Gasteiger partial charge in [-0.1, -0.05) is 7.43 Å². The molecular weight excluding hydrogens is 390 g/mol. The van der Waals surface area contributed by atoms with E-state index in [2.05, 4.69) is 9.47 Å². The summed E-state index contributed by atoms with van der Waals surface area (Å²) in [6.45, 7) is 0. The van der Waals surface area contributed by atoms with Crippen LogP contribution in [0.25, 0.3) is 0 Å². The number of phenols is 2. The third kappa shape index (κ3) is 5.30. The number of nitrogens with zero attached hydrogens (tertiary/aromatic N) is 3. The third-order valence-electron chi connectivity index (χ3n) is 3.27. The lowest BCUT2D eigenvalue weighted by molar-refractivity contribution is -0.386. The summed E-state index contributed by atoms with van der Waals surface area (Å²) in [6, 6.07) is 6.30. The normalized spacial score (nSPS) is 9.00. The molecule has 2 N–H and O–H groups in total. The number of nitriles is 1. The van der Waals surface area contributed by atoms with E-state index in [1.807, 2.05) is 0 Å². The van der Waals surface area contributed by atoms with E-state index >= 15 is 0 Å². The van der Waals surface area contributed by atoms with E-state index in [0.717, 1.165) is 18.2 Å². The van der Waals surface area contributed by atoms with Crippen LogP contribution >= 0.6 is 0 Å². The monoisotopic (exact) mass is 407 g/mol. The molecule has 0 amide bonds. The Labute approximate surface area is 164 Å². The van der Waals surface area contributed by atoms with E-state index in [4.69, 9.17) is 5.26 Å². The Balaban J connectivity index is 0.000000523. The van der Waals surface area contributed by atoms with E-state index in [-0.39, 0.29) is 41.6 Å². The highest BCUT2D eigenvalue weighted by Crippen LogP contribution is 2.38. The standard InChI is InChI=1S/C8H6N2O4.C8H7NO5.CH4/c1-14-8-6(11)3-2-5(4-9)7(8)10(12)13;1-14-8-6(11)3-2-5(4-10)7(8)9(12)13;/h2-3,11H,1H3;2-4,11H,1H3;1H4. The second-order valence-electron chi connectivity index (χ2n) is 4.81. The van der Waals surface area contributed by atoms with Gasteiger partial charge in [0.05, 0.1) is 29.6 Å². The number of carbonyl (C=O) groups excluding carboxylic acids is 1. The van der Waals surface area contributed by atoms with E-state index in [1.165, 1.54) is 20.3 Å². The van der Waals surface area contributed by atoms with Crippen molar-refractivity contribution >= 4 is 17.7 Å². The first-order chi connectivity index (χ1) is 13.2. The number of hydrogen-bond donors (Lipinski definition) is 2. The SMILES string of the molecule is C.COc1c(O)ccc(C#N)c1[N+](=O)[O-].COc1c(O)ccc(C=O)c1[N+](=O)[O-]. The van der Waals surface area contributed by atoms with Crippen molar-refractivity contribution in [2.75, 3.05) is 14.2 Å². The number of rotatable bonds is 5. The van der Waals surface area contributed by atoms with Crippen LogP contribution in [0.4, 0.5) is 11.4 Å². The predicted octanol–water partition coefficient (Wildman–Crippen LogP) is 2.94. The molecule has 0 aliphatic heterocycles. The molecule has 0 unspecified atom stereocenters. The summed E-state index contributed by atoms with van der Waals surface area (Å²) >= 11 is 0. The number of hydrogen-bond acceptors (Lipinski definition) is 10. The Kier molecular flexibility index (Phi) is 9.06. The number of nitro groups is 2. The van der Waals surface area contributed by atoms with Gasteiger partial charge in [0.1, 0.15) is 11.6 Å². The van der Waals surface area contributed by atoms with Crippen molar-refractivity contribution in [1.29, 1.82) is 5.26 Å². The minimum atomic E-state index is -0.776. The number of carbonyl (C=O) groups is 1. The molecule has 2 aromatic carbocycles. The summed E-state index contributed by atoms with van der Waals surface area (Å²) in [4.78, 5) is 30.1. The summed E-state index contributed by atoms with van der Waals surface area (Å²) in [6.07, 6.45) is 0.333. The van der Waals surface area contributed by atoms with Crippen molar-refractivity contribution in [3.05, 3.63) is 55.6 Å². The Hall–Kier alpha value is -4.40. The first-order valence-electron chi connectivity index (χ1n) is 7.17. The highest BCUT2D eigenvalue weighted by molar-refractivity contribution is 5.84. The third-order valence-corrected chi connectivity index (χ3v) is 3.27. The summed E-state index contributed by atoms with van der Waals surface area (Å²) in [5.41, 5.74) is -1.33. The van der Waals surface area contributed by atoms with E-state index in [1.54, 1.807) is 6.07 Å². The summed E-state index contributed by atoms with van der Waals surface area (Å²) in [5.74, 6) is -1.34. The highest BCUT2D eigenvalue weighted by atomic mass is 16.6. The molecule has 0 aromatic heterocycles. The molecule has 2 aromatic rings. The number of aromatic hydroxyl groups is 2. The molecule has 0 spiro atoms. The van der Waals surface area contributed by atoms with Crippen molar-refractivity contribution in [1.82, 2.24) is 0 Å². The molecule has 0 saturated heterocycles. The molecular formula is C17H17N3O9. The lowest BCUT2D eigenvalue weighted by Gasteiger charge is -2.04. The van der Waals surface area contributed by atoms with Crippen LogP contribution in [-0.2, 0) is 0 Å². The van der Waals surface area contributed by atoms with Crippen molar-refractivity contribution < 1.29 is 34.3 Å². The van der Waals surface area contributed by atoms with Gasteiger partial charge in [0.2, 0.25) is 11.5 Å². The van der Waals surface area contributed by atoms with Crippen LogP contribution < -0.4 is 9.47 Å². The van der Waals surface area contributed by atoms with Gasteiger partial charge in [-0.15, -0.1) is 0 Å². The maximum absolute atomic E-state index is 10.6. The van der Waals surface area contributed by atoms with Crippen LogP contribution in [0.3, 0.4) is 0 Å². The predicted molar refractivity (Wildman–Crippen MR) is 99.5 cm³/mol. The fourth-order valence-corrected chi connectivity index (χ4v) is 2.09. The minimum absolute atomic E-state index is 0. The molecule has 0 aliphatic carbocycles. The van der Waals surface area contributed by atoms with Crippen LogP contribution in [-0.4, -0.2) is 40.6 Å². The summed E-state index contributed by atoms with van der Waals surface area (Å²) < 4.78 is 9.27. The molecule has 0 saturated carbocycles. The smallest absolute Gasteiger partial charge is 0.332 e. The van der Waals surface area contributed by atoms with Gasteiger partial charge >= 0.3 is 11.4 Å². The lowest BCUT2D eigenvalue weighted by atomic mass is 10.1. The van der Waals surface area contributed by atoms with Gasteiger partial charge in [0, 0.05) is 0 Å². The molecule has 0 aliphatic rings. The van der Waals surface area contributed by atoms with Gasteiger partial charge in [-0.2, -0.15) is 5.26 Å². The molecule has 0 radical (unpaired) electrons. The van der Waals surface area contributed by atoms with Crippen LogP contribution in [0, 0.1) is 31.6 Å². The van der Waals surface area contributed by atoms with E-state index < -0.39 is 21.2 Å². The van der Waals surface area contributed by atoms with Crippen molar-refractivity contribution in [2.24, 2.45) is 0 Å². The molecule has 12 heteroatoms. The number of benzene rings is 2. The zero-order valence-electron chi connectivity index (χ0n) is 14.5. The van der Waals surface area contributed by atoms with Crippen molar-refractivity contribution in [3.63, 3.8) is 0 Å². The van der Waals surface area contributed by atoms with Crippen LogP contribution in [0.15, 0.2) is 24.3 Å². The minimum Gasteiger partial charge on any atom is -0.504 e. The van der Waals surface area contributed by atoms with Gasteiger partial charge in [0.15, 0.2) is 17.8 Å². The lowest BCUT2D eigenvalue weighted by Crippen LogP contribution is -1.98. The van der Waals surface area contributed by atoms with Crippen molar-refractivity contribution in [2.45, 2.75) is 7.43 Å². The number of aldehydes is 1. The zero-order valence-corrected chi connectivity index (χ0v) is 14.5. The maximum Gasteiger partial charge on any atom is 0.332 e. The molecule has 0 fully saturated rings. The van der Waals surface area contributed by atoms with Gasteiger partial charge in [-0.3, -0.25) is 25.0 Å². The number of nitro benzene ring substituents is 2. The first kappa shape index (κ1) is 24.6. The van der Waals surface area contributed by atoms with Crippen molar-refractivity contribution in [3.8, 4) is 29.1 Å². The molecule has 12 nitrogen and oxygen atoms in total. The van der Waals surface area contributed by atoms with Gasteiger partial charge in [-0.05, 0) is 24.3 Å². The highest BCUT2D eigenvalue weighted by Gasteiger charge is 2.24. The Morgan fingerprint density at radius 1 is 0.966 bits per heavy atom. The Morgan fingerprint density at radius 3 is 1.79 bits per heavy atom. The molecule has 29 heavy (non-hydrogen) atoms. The average molecular weight is 407 g/mol. The molecule has 154 valence electrons. The zero-order chi connectivity index (χ0) is 21.4. The molecule has 0 heterocycles. The fraction of sp³-hybridized carbons (Fsp3) is 0.176. The second kappa shape index (κ2) is 10.7. The maximum atomic E-state index is 10.6. The second-order valence-corrected chi connectivity index (χ2v) is 4.81. The number of ether oxygens (including phenoxy) is 2. The largest absolute Gasteiger partial charge is 0.504 e. The van der Waals surface area contributed by atoms with Crippen LogP contribution in [0.5, 0.6) is 23.0 Å². The molecule has 0 bridgehead atoms. The van der Waals surface area contributed by atoms with E-state index in [0.29, 0.717) is 6.29 Å². The topological polar surface area (TPSA) is 186 Å². The first-order valence-corrected chi connectivity index (χ1v) is 7.17. The summed E-state index contributed by atoms with van der Waals surface area (Å²) in [7, 11) is 2.36.